The Bertz CT molecular complexity index is 465. The van der Waals surface area contributed by atoms with E-state index >= 15 is 0 Å². The van der Waals surface area contributed by atoms with Crippen molar-refractivity contribution in [2.75, 3.05) is 6.54 Å². The lowest BCUT2D eigenvalue weighted by molar-refractivity contribution is 0.834. The Morgan fingerprint density at radius 3 is 2.73 bits per heavy atom. The summed E-state index contributed by atoms with van der Waals surface area (Å²) < 4.78 is 1.94. The Morgan fingerprint density at radius 2 is 2.07 bits per heavy atom. The average Bonchev–Trinajstić information content (AvgIpc) is 2.49. The average molecular weight is 228 g/mol. The largest absolute Gasteiger partial charge is 0.330 e. The van der Waals surface area contributed by atoms with E-state index in [1.165, 1.54) is 0 Å². The molecule has 0 amide bonds. The van der Waals surface area contributed by atoms with E-state index in [4.69, 9.17) is 5.73 Å². The van der Waals surface area contributed by atoms with Crippen molar-refractivity contribution < 1.29 is 0 Å². The molecule has 0 bridgehead atoms. The molecule has 15 heavy (non-hydrogen) atoms. The summed E-state index contributed by atoms with van der Waals surface area (Å²) in [5.41, 5.74) is 7.55. The standard InChI is InChI=1S/C9H13N5.ClH/c1-6-5-7(2)14-8(3-4-10)12-13-9(14)11-6;/h5H,3-4,10H2,1-2H3;1H. The topological polar surface area (TPSA) is 69.1 Å². The van der Waals surface area contributed by atoms with E-state index in [9.17, 15) is 0 Å². The molecule has 2 heterocycles. The Balaban J connectivity index is 0.00000112. The number of halogens is 1. The van der Waals surface area contributed by atoms with Gasteiger partial charge in [0.15, 0.2) is 0 Å². The summed E-state index contributed by atoms with van der Waals surface area (Å²) in [4.78, 5) is 4.29. The maximum atomic E-state index is 5.49. The highest BCUT2D eigenvalue weighted by Gasteiger charge is 2.07. The van der Waals surface area contributed by atoms with Crippen LogP contribution in [0.25, 0.3) is 5.78 Å². The van der Waals surface area contributed by atoms with E-state index in [1.54, 1.807) is 0 Å². The van der Waals surface area contributed by atoms with Crippen LogP contribution in [0.2, 0.25) is 0 Å². The van der Waals surface area contributed by atoms with E-state index in [0.29, 0.717) is 12.3 Å². The first kappa shape index (κ1) is 11.9. The zero-order chi connectivity index (χ0) is 10.1. The molecule has 2 rings (SSSR count). The molecule has 0 aliphatic heterocycles. The van der Waals surface area contributed by atoms with E-state index in [2.05, 4.69) is 15.2 Å². The van der Waals surface area contributed by atoms with Gasteiger partial charge in [0.1, 0.15) is 5.82 Å². The number of nitrogens with two attached hydrogens (primary N) is 1. The number of aryl methyl sites for hydroxylation is 2. The van der Waals surface area contributed by atoms with Gasteiger partial charge in [-0.3, -0.25) is 4.40 Å². The molecule has 0 radical (unpaired) electrons. The van der Waals surface area contributed by atoms with Gasteiger partial charge < -0.3 is 5.73 Å². The van der Waals surface area contributed by atoms with Gasteiger partial charge in [0.25, 0.3) is 5.78 Å². The number of aromatic nitrogens is 4. The molecule has 0 aliphatic carbocycles. The third-order valence-corrected chi connectivity index (χ3v) is 2.13. The van der Waals surface area contributed by atoms with Gasteiger partial charge in [0.05, 0.1) is 0 Å². The van der Waals surface area contributed by atoms with Crippen molar-refractivity contribution in [3.8, 4) is 0 Å². The Morgan fingerprint density at radius 1 is 1.33 bits per heavy atom. The smallest absolute Gasteiger partial charge is 0.255 e. The number of hydrogen-bond acceptors (Lipinski definition) is 4. The van der Waals surface area contributed by atoms with Crippen molar-refractivity contribution in [3.63, 3.8) is 0 Å². The lowest BCUT2D eigenvalue weighted by Gasteiger charge is -2.02. The minimum absolute atomic E-state index is 0. The molecular formula is C9H14ClN5. The summed E-state index contributed by atoms with van der Waals surface area (Å²) >= 11 is 0. The molecule has 0 aromatic carbocycles. The number of fused-ring (bicyclic) bond motifs is 1. The van der Waals surface area contributed by atoms with Crippen LogP contribution in [-0.4, -0.2) is 26.1 Å². The fraction of sp³-hybridized carbons (Fsp3) is 0.444. The second kappa shape index (κ2) is 4.55. The predicted molar refractivity (Wildman–Crippen MR) is 60.3 cm³/mol. The van der Waals surface area contributed by atoms with Crippen LogP contribution in [-0.2, 0) is 6.42 Å². The number of nitrogens with zero attached hydrogens (tertiary/aromatic N) is 4. The molecule has 0 fully saturated rings. The fourth-order valence-corrected chi connectivity index (χ4v) is 1.59. The summed E-state index contributed by atoms with van der Waals surface area (Å²) in [5.74, 6) is 1.54. The summed E-state index contributed by atoms with van der Waals surface area (Å²) in [7, 11) is 0. The van der Waals surface area contributed by atoms with Gasteiger partial charge >= 0.3 is 0 Å². The molecule has 0 unspecified atom stereocenters. The van der Waals surface area contributed by atoms with Gasteiger partial charge in [-0.25, -0.2) is 4.98 Å². The van der Waals surface area contributed by atoms with Crippen LogP contribution in [0.4, 0.5) is 0 Å². The van der Waals surface area contributed by atoms with Crippen LogP contribution in [0.1, 0.15) is 17.2 Å². The minimum atomic E-state index is 0. The normalized spacial score (nSPS) is 10.3. The van der Waals surface area contributed by atoms with E-state index in [0.717, 1.165) is 23.6 Å². The number of rotatable bonds is 2. The summed E-state index contributed by atoms with van der Waals surface area (Å²) in [6, 6.07) is 2.01. The molecule has 2 aromatic rings. The third kappa shape index (κ3) is 2.08. The minimum Gasteiger partial charge on any atom is -0.330 e. The number of hydrogen-bond donors (Lipinski definition) is 1. The molecule has 5 nitrogen and oxygen atoms in total. The van der Waals surface area contributed by atoms with E-state index in [1.807, 2.05) is 24.3 Å². The van der Waals surface area contributed by atoms with Crippen molar-refractivity contribution in [2.45, 2.75) is 20.3 Å². The second-order valence-corrected chi connectivity index (χ2v) is 3.33. The van der Waals surface area contributed by atoms with Gasteiger partial charge in [-0.2, -0.15) is 0 Å². The molecule has 0 aliphatic rings. The van der Waals surface area contributed by atoms with Crippen LogP contribution >= 0.6 is 12.4 Å². The molecule has 0 spiro atoms. The molecular weight excluding hydrogens is 214 g/mol. The van der Waals surface area contributed by atoms with Crippen LogP contribution in [0.15, 0.2) is 6.07 Å². The van der Waals surface area contributed by atoms with Crippen LogP contribution in [0.5, 0.6) is 0 Å². The van der Waals surface area contributed by atoms with E-state index in [-0.39, 0.29) is 12.4 Å². The quantitative estimate of drug-likeness (QED) is 0.819. The predicted octanol–water partition coefficient (Wildman–Crippen LogP) is 0.664. The molecule has 0 saturated carbocycles. The first-order valence-corrected chi connectivity index (χ1v) is 4.60. The Hall–Kier alpha value is -1.20. The van der Waals surface area contributed by atoms with Crippen molar-refractivity contribution in [3.05, 3.63) is 23.3 Å². The highest BCUT2D eigenvalue weighted by atomic mass is 35.5. The highest BCUT2D eigenvalue weighted by molar-refractivity contribution is 5.85. The lowest BCUT2D eigenvalue weighted by Crippen LogP contribution is -2.08. The van der Waals surface area contributed by atoms with Gasteiger partial charge in [-0.15, -0.1) is 22.6 Å². The maximum Gasteiger partial charge on any atom is 0.255 e. The molecule has 6 heteroatoms. The molecule has 2 aromatic heterocycles. The Labute approximate surface area is 94.1 Å². The van der Waals surface area contributed by atoms with Gasteiger partial charge in [-0.1, -0.05) is 0 Å². The molecule has 82 valence electrons. The monoisotopic (exact) mass is 227 g/mol. The van der Waals surface area contributed by atoms with Gasteiger partial charge in [-0.05, 0) is 26.5 Å². The van der Waals surface area contributed by atoms with Crippen molar-refractivity contribution in [2.24, 2.45) is 5.73 Å². The first-order chi connectivity index (χ1) is 6.72. The van der Waals surface area contributed by atoms with Crippen molar-refractivity contribution >= 4 is 18.2 Å². The van der Waals surface area contributed by atoms with Gasteiger partial charge in [0, 0.05) is 17.8 Å². The first-order valence-electron chi connectivity index (χ1n) is 4.60. The van der Waals surface area contributed by atoms with Crippen molar-refractivity contribution in [1.29, 1.82) is 0 Å². The zero-order valence-electron chi connectivity index (χ0n) is 8.77. The maximum absolute atomic E-state index is 5.49. The fourth-order valence-electron chi connectivity index (χ4n) is 1.59. The summed E-state index contributed by atoms with van der Waals surface area (Å²) in [5, 5.41) is 8.06. The lowest BCUT2D eigenvalue weighted by atomic mass is 10.3. The Kier molecular flexibility index (Phi) is 3.60. The highest BCUT2D eigenvalue weighted by Crippen LogP contribution is 2.07. The van der Waals surface area contributed by atoms with E-state index < -0.39 is 0 Å². The molecule has 0 atom stereocenters. The molecule has 0 saturated heterocycles. The third-order valence-electron chi connectivity index (χ3n) is 2.13. The SMILES string of the molecule is Cc1cc(C)n2c(CCN)nnc2n1.Cl. The van der Waals surface area contributed by atoms with Crippen LogP contribution < -0.4 is 5.73 Å². The summed E-state index contributed by atoms with van der Waals surface area (Å²) in [6.07, 6.45) is 0.729. The van der Waals surface area contributed by atoms with Crippen LogP contribution in [0.3, 0.4) is 0 Å². The summed E-state index contributed by atoms with van der Waals surface area (Å²) in [6.45, 7) is 4.55. The second-order valence-electron chi connectivity index (χ2n) is 3.33. The van der Waals surface area contributed by atoms with Gasteiger partial charge in [0.2, 0.25) is 0 Å². The van der Waals surface area contributed by atoms with Crippen molar-refractivity contribution in [1.82, 2.24) is 19.6 Å². The molecule has 2 N–H and O–H groups in total. The zero-order valence-corrected chi connectivity index (χ0v) is 9.58. The van der Waals surface area contributed by atoms with Crippen LogP contribution in [0, 0.1) is 13.8 Å².